The molecule has 0 aliphatic heterocycles. The van der Waals surface area contributed by atoms with E-state index < -0.39 is 5.24 Å². The third-order valence-corrected chi connectivity index (χ3v) is 1.69. The highest BCUT2D eigenvalue weighted by molar-refractivity contribution is 6.67. The van der Waals surface area contributed by atoms with Gasteiger partial charge < -0.3 is 4.42 Å². The molecule has 1 aromatic rings. The fourth-order valence-electron chi connectivity index (χ4n) is 0.844. The van der Waals surface area contributed by atoms with Crippen LogP contribution < -0.4 is 0 Å². The van der Waals surface area contributed by atoms with Crippen molar-refractivity contribution >= 4 is 16.8 Å². The summed E-state index contributed by atoms with van der Waals surface area (Å²) in [6.07, 6.45) is 4.14. The molecule has 4 heteroatoms. The standard InChI is InChI=1S/C8H10ClNO2/c1-2-3-4-7-10-6(5-12-7)8(9)11/h5H,2-4H2,1H3. The van der Waals surface area contributed by atoms with Gasteiger partial charge in [-0.1, -0.05) is 13.3 Å². The maximum absolute atomic E-state index is 10.6. The third-order valence-electron chi connectivity index (χ3n) is 1.50. The molecule has 0 saturated carbocycles. The molecule has 12 heavy (non-hydrogen) atoms. The van der Waals surface area contributed by atoms with E-state index in [0.717, 1.165) is 19.3 Å². The number of hydrogen-bond donors (Lipinski definition) is 0. The smallest absolute Gasteiger partial charge is 0.274 e. The van der Waals surface area contributed by atoms with Gasteiger partial charge in [0.1, 0.15) is 6.26 Å². The molecule has 1 aromatic heterocycles. The summed E-state index contributed by atoms with van der Waals surface area (Å²) in [5.74, 6) is 0.584. The number of nitrogens with zero attached hydrogens (tertiary/aromatic N) is 1. The minimum atomic E-state index is -0.568. The van der Waals surface area contributed by atoms with Gasteiger partial charge in [-0.05, 0) is 18.0 Å². The monoisotopic (exact) mass is 187 g/mol. The van der Waals surface area contributed by atoms with E-state index in [2.05, 4.69) is 11.9 Å². The second kappa shape index (κ2) is 4.26. The van der Waals surface area contributed by atoms with Crippen molar-refractivity contribution in [1.82, 2.24) is 4.98 Å². The maximum Gasteiger partial charge on any atom is 0.274 e. The first-order valence-electron chi connectivity index (χ1n) is 3.88. The first-order chi connectivity index (χ1) is 5.74. The molecule has 0 atom stereocenters. The molecule has 66 valence electrons. The van der Waals surface area contributed by atoms with Gasteiger partial charge in [-0.3, -0.25) is 4.79 Å². The van der Waals surface area contributed by atoms with Crippen LogP contribution in [0.25, 0.3) is 0 Å². The van der Waals surface area contributed by atoms with Gasteiger partial charge in [-0.25, -0.2) is 4.98 Å². The molecule has 0 N–H and O–H groups in total. The first-order valence-corrected chi connectivity index (χ1v) is 4.26. The highest BCUT2D eigenvalue weighted by atomic mass is 35.5. The normalized spacial score (nSPS) is 10.2. The Morgan fingerprint density at radius 1 is 1.75 bits per heavy atom. The van der Waals surface area contributed by atoms with Gasteiger partial charge in [-0.15, -0.1) is 0 Å². The predicted molar refractivity (Wildman–Crippen MR) is 45.3 cm³/mol. The lowest BCUT2D eigenvalue weighted by molar-refractivity contribution is 0.107. The Balaban J connectivity index is 2.58. The number of hydrogen-bond acceptors (Lipinski definition) is 3. The average molecular weight is 188 g/mol. The zero-order chi connectivity index (χ0) is 8.97. The van der Waals surface area contributed by atoms with Crippen molar-refractivity contribution in [3.8, 4) is 0 Å². The van der Waals surface area contributed by atoms with E-state index in [1.165, 1.54) is 6.26 Å². The quantitative estimate of drug-likeness (QED) is 0.680. The molecule has 1 heterocycles. The SMILES string of the molecule is CCCCc1nc(C(=O)Cl)co1. The van der Waals surface area contributed by atoms with Gasteiger partial charge in [0.2, 0.25) is 0 Å². The van der Waals surface area contributed by atoms with Crippen molar-refractivity contribution in [3.63, 3.8) is 0 Å². The van der Waals surface area contributed by atoms with Crippen LogP contribution in [-0.4, -0.2) is 10.2 Å². The summed E-state index contributed by atoms with van der Waals surface area (Å²) < 4.78 is 5.01. The van der Waals surface area contributed by atoms with Crippen LogP contribution in [0.2, 0.25) is 0 Å². The molecule has 0 aromatic carbocycles. The van der Waals surface area contributed by atoms with E-state index in [4.69, 9.17) is 16.0 Å². The number of aromatic nitrogens is 1. The largest absolute Gasteiger partial charge is 0.448 e. The lowest BCUT2D eigenvalue weighted by Crippen LogP contribution is -1.90. The van der Waals surface area contributed by atoms with Crippen LogP contribution in [0.3, 0.4) is 0 Å². The van der Waals surface area contributed by atoms with Crippen molar-refractivity contribution in [3.05, 3.63) is 17.8 Å². The molecular formula is C8H10ClNO2. The van der Waals surface area contributed by atoms with Gasteiger partial charge in [0.05, 0.1) is 0 Å². The van der Waals surface area contributed by atoms with Crippen LogP contribution in [-0.2, 0) is 6.42 Å². The Morgan fingerprint density at radius 2 is 2.50 bits per heavy atom. The topological polar surface area (TPSA) is 43.1 Å². The van der Waals surface area contributed by atoms with E-state index in [-0.39, 0.29) is 5.69 Å². The summed E-state index contributed by atoms with van der Waals surface area (Å²) >= 11 is 5.19. The van der Waals surface area contributed by atoms with Gasteiger partial charge >= 0.3 is 0 Å². The Morgan fingerprint density at radius 3 is 3.00 bits per heavy atom. The Hall–Kier alpha value is -0.830. The van der Waals surface area contributed by atoms with Crippen molar-refractivity contribution in [2.75, 3.05) is 0 Å². The molecule has 0 saturated heterocycles. The van der Waals surface area contributed by atoms with Gasteiger partial charge in [0.25, 0.3) is 5.24 Å². The van der Waals surface area contributed by atoms with E-state index in [0.29, 0.717) is 5.89 Å². The van der Waals surface area contributed by atoms with E-state index in [1.807, 2.05) is 0 Å². The minimum Gasteiger partial charge on any atom is -0.448 e. The van der Waals surface area contributed by atoms with Crippen molar-refractivity contribution in [2.24, 2.45) is 0 Å². The number of carbonyl (C=O) groups is 1. The van der Waals surface area contributed by atoms with E-state index >= 15 is 0 Å². The molecule has 0 aliphatic rings. The fourth-order valence-corrected chi connectivity index (χ4v) is 0.931. The number of carbonyl (C=O) groups excluding carboxylic acids is 1. The molecule has 0 aliphatic carbocycles. The highest BCUT2D eigenvalue weighted by Gasteiger charge is 2.08. The summed E-state index contributed by atoms with van der Waals surface area (Å²) in [5, 5.41) is -0.568. The van der Waals surface area contributed by atoms with Crippen LogP contribution in [0, 0.1) is 0 Å². The minimum absolute atomic E-state index is 0.197. The summed E-state index contributed by atoms with van der Waals surface area (Å²) in [4.78, 5) is 14.5. The van der Waals surface area contributed by atoms with Crippen molar-refractivity contribution < 1.29 is 9.21 Å². The molecular weight excluding hydrogens is 178 g/mol. The second-order valence-corrected chi connectivity index (χ2v) is 2.85. The molecule has 0 bridgehead atoms. The van der Waals surface area contributed by atoms with Crippen LogP contribution in [0.15, 0.2) is 10.7 Å². The molecule has 0 spiro atoms. The molecule has 3 nitrogen and oxygen atoms in total. The summed E-state index contributed by atoms with van der Waals surface area (Å²) in [5.41, 5.74) is 0.197. The van der Waals surface area contributed by atoms with Crippen LogP contribution in [0.4, 0.5) is 0 Å². The van der Waals surface area contributed by atoms with Crippen LogP contribution in [0.5, 0.6) is 0 Å². The molecule has 0 radical (unpaired) electrons. The molecule has 0 fully saturated rings. The lowest BCUT2D eigenvalue weighted by Gasteiger charge is -1.89. The average Bonchev–Trinajstić information content (AvgIpc) is 2.48. The number of aryl methyl sites for hydroxylation is 1. The Labute approximate surface area is 75.7 Å². The fraction of sp³-hybridized carbons (Fsp3) is 0.500. The number of oxazole rings is 1. The van der Waals surface area contributed by atoms with E-state index in [1.54, 1.807) is 0 Å². The molecule has 1 rings (SSSR count). The van der Waals surface area contributed by atoms with E-state index in [9.17, 15) is 4.79 Å². The summed E-state index contributed by atoms with van der Waals surface area (Å²) in [6.45, 7) is 2.08. The lowest BCUT2D eigenvalue weighted by atomic mass is 10.2. The highest BCUT2D eigenvalue weighted by Crippen LogP contribution is 2.07. The first kappa shape index (κ1) is 9.26. The Kier molecular flexibility index (Phi) is 3.29. The predicted octanol–water partition coefficient (Wildman–Crippen LogP) is 2.40. The van der Waals surface area contributed by atoms with Crippen LogP contribution in [0.1, 0.15) is 36.1 Å². The molecule has 0 amide bonds. The molecule has 0 unspecified atom stereocenters. The van der Waals surface area contributed by atoms with Gasteiger partial charge in [-0.2, -0.15) is 0 Å². The summed E-state index contributed by atoms with van der Waals surface area (Å²) in [7, 11) is 0. The van der Waals surface area contributed by atoms with Gasteiger partial charge in [0, 0.05) is 6.42 Å². The van der Waals surface area contributed by atoms with Crippen molar-refractivity contribution in [1.29, 1.82) is 0 Å². The maximum atomic E-state index is 10.6. The Bertz CT molecular complexity index is 270. The number of unbranched alkanes of at least 4 members (excludes halogenated alkanes) is 1. The van der Waals surface area contributed by atoms with Crippen molar-refractivity contribution in [2.45, 2.75) is 26.2 Å². The zero-order valence-corrected chi connectivity index (χ0v) is 7.60. The van der Waals surface area contributed by atoms with Gasteiger partial charge in [0.15, 0.2) is 11.6 Å². The van der Waals surface area contributed by atoms with Crippen LogP contribution >= 0.6 is 11.6 Å². The number of halogens is 1. The third kappa shape index (κ3) is 2.34. The summed E-state index contributed by atoms with van der Waals surface area (Å²) in [6, 6.07) is 0. The second-order valence-electron chi connectivity index (χ2n) is 2.50. The number of rotatable bonds is 4. The zero-order valence-electron chi connectivity index (χ0n) is 6.84.